The van der Waals surface area contributed by atoms with Crippen LogP contribution in [0.1, 0.15) is 30.6 Å². The molecule has 2 nitrogen and oxygen atoms in total. The number of rotatable bonds is 3. The fourth-order valence-corrected chi connectivity index (χ4v) is 2.87. The summed E-state index contributed by atoms with van der Waals surface area (Å²) in [5, 5.41) is 11.2. The van der Waals surface area contributed by atoms with Crippen LogP contribution in [-0.2, 0) is 11.2 Å². The monoisotopic (exact) mass is 219 g/mol. The van der Waals surface area contributed by atoms with Crippen molar-refractivity contribution in [1.29, 1.82) is 5.26 Å². The zero-order valence-corrected chi connectivity index (χ0v) is 9.35. The van der Waals surface area contributed by atoms with Crippen molar-refractivity contribution in [1.82, 2.24) is 0 Å². The summed E-state index contributed by atoms with van der Waals surface area (Å²) < 4.78 is 0. The van der Waals surface area contributed by atoms with Gasteiger partial charge >= 0.3 is 0 Å². The highest BCUT2D eigenvalue weighted by atomic mass is 32.1. The third-order valence-electron chi connectivity index (χ3n) is 3.13. The minimum atomic E-state index is -0.663. The summed E-state index contributed by atoms with van der Waals surface area (Å²) in [5.41, 5.74) is -0.663. The normalized spacial score (nSPS) is 25.4. The van der Waals surface area contributed by atoms with Crippen molar-refractivity contribution in [2.45, 2.75) is 32.1 Å². The SMILES string of the molecule is N#CC1(CCc2cccs2)CCCC1=O. The standard InChI is InChI=1S/C12H13NOS/c13-9-12(6-1-4-11(12)14)7-5-10-3-2-8-15-10/h2-3,8H,1,4-7H2. The number of carbonyl (C=O) groups is 1. The van der Waals surface area contributed by atoms with E-state index in [-0.39, 0.29) is 5.78 Å². The molecular formula is C12H13NOS. The summed E-state index contributed by atoms with van der Waals surface area (Å²) >= 11 is 1.70. The van der Waals surface area contributed by atoms with Gasteiger partial charge in [0.05, 0.1) is 6.07 Å². The maximum atomic E-state index is 11.7. The van der Waals surface area contributed by atoms with Gasteiger partial charge in [0.25, 0.3) is 0 Å². The molecule has 1 atom stereocenters. The van der Waals surface area contributed by atoms with E-state index in [1.165, 1.54) is 4.88 Å². The first-order valence-corrected chi connectivity index (χ1v) is 6.12. The molecule has 78 valence electrons. The summed E-state index contributed by atoms with van der Waals surface area (Å²) in [4.78, 5) is 12.9. The number of ketones is 1. The Kier molecular flexibility index (Phi) is 2.88. The third kappa shape index (κ3) is 1.95. The van der Waals surface area contributed by atoms with Crippen LogP contribution in [0.2, 0.25) is 0 Å². The van der Waals surface area contributed by atoms with Gasteiger partial charge in [0.1, 0.15) is 5.41 Å². The van der Waals surface area contributed by atoms with Crippen LogP contribution >= 0.6 is 11.3 Å². The summed E-state index contributed by atoms with van der Waals surface area (Å²) in [6.45, 7) is 0. The predicted octanol–water partition coefficient (Wildman–Crippen LogP) is 2.94. The number of carbonyl (C=O) groups excluding carboxylic acids is 1. The second kappa shape index (κ2) is 4.16. The maximum Gasteiger partial charge on any atom is 0.153 e. The zero-order chi connectivity index (χ0) is 10.7. The molecule has 0 aliphatic heterocycles. The van der Waals surface area contributed by atoms with Gasteiger partial charge in [-0.1, -0.05) is 6.07 Å². The maximum absolute atomic E-state index is 11.7. The first-order valence-electron chi connectivity index (χ1n) is 5.24. The largest absolute Gasteiger partial charge is 0.298 e. The fourth-order valence-electron chi connectivity index (χ4n) is 2.16. The lowest BCUT2D eigenvalue weighted by atomic mass is 9.82. The van der Waals surface area contributed by atoms with Crippen LogP contribution in [0.5, 0.6) is 0 Å². The number of nitriles is 1. The fraction of sp³-hybridized carbons (Fsp3) is 0.500. The molecule has 1 aromatic rings. The molecule has 1 saturated carbocycles. The summed E-state index contributed by atoms with van der Waals surface area (Å²) in [7, 11) is 0. The van der Waals surface area contributed by atoms with Crippen molar-refractivity contribution in [3.05, 3.63) is 22.4 Å². The lowest BCUT2D eigenvalue weighted by molar-refractivity contribution is -0.123. The van der Waals surface area contributed by atoms with Crippen LogP contribution in [0, 0.1) is 16.7 Å². The highest BCUT2D eigenvalue weighted by molar-refractivity contribution is 7.09. The first kappa shape index (κ1) is 10.4. The molecule has 15 heavy (non-hydrogen) atoms. The number of Topliss-reactive ketones (excluding diaryl/α,β-unsaturated/α-hetero) is 1. The van der Waals surface area contributed by atoms with Gasteiger partial charge in [-0.2, -0.15) is 5.26 Å². The molecule has 0 aromatic carbocycles. The Hall–Kier alpha value is -1.14. The first-order chi connectivity index (χ1) is 7.27. The van der Waals surface area contributed by atoms with Crippen LogP contribution in [0.4, 0.5) is 0 Å². The minimum absolute atomic E-state index is 0.154. The smallest absolute Gasteiger partial charge is 0.153 e. The van der Waals surface area contributed by atoms with Gasteiger partial charge in [-0.05, 0) is 37.1 Å². The van der Waals surface area contributed by atoms with Crippen LogP contribution in [0.15, 0.2) is 17.5 Å². The minimum Gasteiger partial charge on any atom is -0.298 e. The lowest BCUT2D eigenvalue weighted by Crippen LogP contribution is -2.24. The van der Waals surface area contributed by atoms with Crippen molar-refractivity contribution in [3.63, 3.8) is 0 Å². The summed E-state index contributed by atoms with van der Waals surface area (Å²) in [5.74, 6) is 0.154. The number of hydrogen-bond donors (Lipinski definition) is 0. The molecule has 1 heterocycles. The van der Waals surface area contributed by atoms with Crippen LogP contribution in [-0.4, -0.2) is 5.78 Å². The number of thiophene rings is 1. The van der Waals surface area contributed by atoms with Gasteiger partial charge in [-0.3, -0.25) is 4.79 Å². The van der Waals surface area contributed by atoms with E-state index in [0.717, 1.165) is 19.3 Å². The zero-order valence-electron chi connectivity index (χ0n) is 8.53. The average molecular weight is 219 g/mol. The molecule has 0 saturated heterocycles. The van der Waals surface area contributed by atoms with Crippen molar-refractivity contribution >= 4 is 17.1 Å². The Morgan fingerprint density at radius 3 is 3.00 bits per heavy atom. The molecule has 0 amide bonds. The lowest BCUT2D eigenvalue weighted by Gasteiger charge is -2.17. The molecule has 0 N–H and O–H groups in total. The van der Waals surface area contributed by atoms with Crippen LogP contribution < -0.4 is 0 Å². The molecular weight excluding hydrogens is 206 g/mol. The predicted molar refractivity (Wildman–Crippen MR) is 59.5 cm³/mol. The number of aryl methyl sites for hydroxylation is 1. The molecule has 2 rings (SSSR count). The van der Waals surface area contributed by atoms with E-state index in [1.807, 2.05) is 11.4 Å². The van der Waals surface area contributed by atoms with E-state index in [0.29, 0.717) is 12.8 Å². The van der Waals surface area contributed by atoms with E-state index < -0.39 is 5.41 Å². The van der Waals surface area contributed by atoms with E-state index in [1.54, 1.807) is 11.3 Å². The molecule has 1 unspecified atom stereocenters. The molecule has 1 fully saturated rings. The van der Waals surface area contributed by atoms with Crippen molar-refractivity contribution < 1.29 is 4.79 Å². The van der Waals surface area contributed by atoms with E-state index in [2.05, 4.69) is 12.1 Å². The Bertz CT molecular complexity index is 390. The van der Waals surface area contributed by atoms with E-state index in [9.17, 15) is 4.79 Å². The van der Waals surface area contributed by atoms with Crippen LogP contribution in [0.3, 0.4) is 0 Å². The molecule has 0 spiro atoms. The topological polar surface area (TPSA) is 40.9 Å². The number of hydrogen-bond acceptors (Lipinski definition) is 3. The molecule has 0 radical (unpaired) electrons. The molecule has 1 aromatic heterocycles. The Balaban J connectivity index is 2.04. The van der Waals surface area contributed by atoms with Crippen molar-refractivity contribution in [2.24, 2.45) is 5.41 Å². The Labute approximate surface area is 93.5 Å². The van der Waals surface area contributed by atoms with Gasteiger partial charge in [-0.15, -0.1) is 11.3 Å². The Morgan fingerprint density at radius 1 is 1.60 bits per heavy atom. The van der Waals surface area contributed by atoms with Crippen LogP contribution in [0.25, 0.3) is 0 Å². The highest BCUT2D eigenvalue weighted by Crippen LogP contribution is 2.38. The van der Waals surface area contributed by atoms with Crippen molar-refractivity contribution in [2.75, 3.05) is 0 Å². The van der Waals surface area contributed by atoms with Crippen molar-refractivity contribution in [3.8, 4) is 6.07 Å². The molecule has 0 bridgehead atoms. The second-order valence-corrected chi connectivity index (χ2v) is 5.08. The second-order valence-electron chi connectivity index (χ2n) is 4.05. The van der Waals surface area contributed by atoms with Gasteiger partial charge < -0.3 is 0 Å². The quantitative estimate of drug-likeness (QED) is 0.784. The molecule has 1 aliphatic rings. The van der Waals surface area contributed by atoms with Gasteiger partial charge in [0, 0.05) is 11.3 Å². The van der Waals surface area contributed by atoms with Gasteiger partial charge in [-0.25, -0.2) is 0 Å². The van der Waals surface area contributed by atoms with E-state index >= 15 is 0 Å². The average Bonchev–Trinajstić information content (AvgIpc) is 2.85. The molecule has 1 aliphatic carbocycles. The number of nitrogens with zero attached hydrogens (tertiary/aromatic N) is 1. The Morgan fingerprint density at radius 2 is 2.47 bits per heavy atom. The van der Waals surface area contributed by atoms with E-state index in [4.69, 9.17) is 5.26 Å². The third-order valence-corrected chi connectivity index (χ3v) is 4.07. The summed E-state index contributed by atoms with van der Waals surface area (Å²) in [6.07, 6.45) is 3.79. The summed E-state index contributed by atoms with van der Waals surface area (Å²) in [6, 6.07) is 6.32. The van der Waals surface area contributed by atoms with Gasteiger partial charge in [0.2, 0.25) is 0 Å². The molecule has 3 heteroatoms. The highest BCUT2D eigenvalue weighted by Gasteiger charge is 2.41. The van der Waals surface area contributed by atoms with Gasteiger partial charge in [0.15, 0.2) is 5.78 Å².